The van der Waals surface area contributed by atoms with E-state index in [4.69, 9.17) is 9.84 Å². The lowest BCUT2D eigenvalue weighted by molar-refractivity contribution is -0.127. The van der Waals surface area contributed by atoms with Gasteiger partial charge in [-0.25, -0.2) is 0 Å². The standard InChI is InChI=1S/C45H56N6O4/c1-10-43(6,7)33-22-27-39(38(29-33)44(8,9)11-2)55-30-40(53)46-35-19-17-18-32(28-35)41-45(47-31(5)52,42(54)51(49-41)37-20-15-14-16-21-37)48-34-23-25-36(26-24-34)50(12-3)13-4/h14-29,48H,10-13,30H2,1-9H3,(H,46,53)(H,47,52). The molecule has 1 heterocycles. The Labute approximate surface area is 326 Å². The van der Waals surface area contributed by atoms with Crippen molar-refractivity contribution in [2.75, 3.05) is 40.2 Å². The predicted molar refractivity (Wildman–Crippen MR) is 224 cm³/mol. The maximum atomic E-state index is 14.6. The number of rotatable bonds is 16. The van der Waals surface area contributed by atoms with Gasteiger partial charge >= 0.3 is 5.91 Å². The zero-order chi connectivity index (χ0) is 40.0. The van der Waals surface area contributed by atoms with Gasteiger partial charge in [0, 0.05) is 48.2 Å². The van der Waals surface area contributed by atoms with Crippen molar-refractivity contribution in [3.63, 3.8) is 0 Å². The molecule has 10 nitrogen and oxygen atoms in total. The van der Waals surface area contributed by atoms with Crippen LogP contribution in [0, 0.1) is 0 Å². The van der Waals surface area contributed by atoms with Crippen molar-refractivity contribution in [3.8, 4) is 5.75 Å². The summed E-state index contributed by atoms with van der Waals surface area (Å²) in [6.45, 7) is 20.3. The molecule has 0 saturated heterocycles. The van der Waals surface area contributed by atoms with Gasteiger partial charge in [-0.1, -0.05) is 84.0 Å². The number of anilines is 4. The molecule has 5 rings (SSSR count). The summed E-state index contributed by atoms with van der Waals surface area (Å²) in [6.07, 6.45) is 1.90. The van der Waals surface area contributed by atoms with Crippen LogP contribution in [0.25, 0.3) is 0 Å². The SMILES string of the molecule is CCN(CC)c1ccc(NC2(NC(C)=O)C(=O)N(c3ccccc3)N=C2c2cccc(NC(=O)COc3ccc(C(C)(C)CC)cc3C(C)(C)CC)c2)cc1. The third-order valence-electron chi connectivity index (χ3n) is 10.8. The van der Waals surface area contributed by atoms with Crippen molar-refractivity contribution >= 4 is 46.2 Å². The number of nitrogens with zero attached hydrogens (tertiary/aromatic N) is 3. The third-order valence-corrected chi connectivity index (χ3v) is 10.8. The quantitative estimate of drug-likeness (QED) is 0.0991. The van der Waals surface area contributed by atoms with Gasteiger partial charge in [-0.2, -0.15) is 10.1 Å². The first-order valence-corrected chi connectivity index (χ1v) is 19.3. The minimum atomic E-state index is -1.77. The number of hydrazone groups is 1. The fourth-order valence-electron chi connectivity index (χ4n) is 6.67. The van der Waals surface area contributed by atoms with E-state index in [1.165, 1.54) is 17.5 Å². The second-order valence-electron chi connectivity index (χ2n) is 15.3. The summed E-state index contributed by atoms with van der Waals surface area (Å²) in [6, 6.07) is 30.2. The topological polar surface area (TPSA) is 115 Å². The molecular formula is C45H56N6O4. The lowest BCUT2D eigenvalue weighted by atomic mass is 9.76. The van der Waals surface area contributed by atoms with E-state index in [0.717, 1.165) is 37.2 Å². The van der Waals surface area contributed by atoms with Crippen LogP contribution in [0.5, 0.6) is 5.75 Å². The van der Waals surface area contributed by atoms with Crippen LogP contribution in [0.2, 0.25) is 0 Å². The van der Waals surface area contributed by atoms with E-state index in [2.05, 4.69) is 88.4 Å². The Morgan fingerprint density at radius 1 is 0.800 bits per heavy atom. The summed E-state index contributed by atoms with van der Waals surface area (Å²) in [5.41, 5.74) is 3.83. The maximum Gasteiger partial charge on any atom is 0.300 e. The molecule has 3 N–H and O–H groups in total. The molecule has 0 spiro atoms. The fraction of sp³-hybridized carbons (Fsp3) is 0.378. The van der Waals surface area contributed by atoms with Gasteiger partial charge in [0.1, 0.15) is 11.5 Å². The highest BCUT2D eigenvalue weighted by Gasteiger charge is 2.53. The number of carbonyl (C=O) groups is 3. The van der Waals surface area contributed by atoms with Gasteiger partial charge in [-0.05, 0) is 97.7 Å². The van der Waals surface area contributed by atoms with Gasteiger partial charge in [0.2, 0.25) is 11.6 Å². The van der Waals surface area contributed by atoms with Gasteiger partial charge in [0.05, 0.1) is 5.69 Å². The largest absolute Gasteiger partial charge is 0.483 e. The van der Waals surface area contributed by atoms with Crippen molar-refractivity contribution < 1.29 is 19.1 Å². The normalized spacial score (nSPS) is 15.7. The van der Waals surface area contributed by atoms with Crippen LogP contribution in [0.15, 0.2) is 102 Å². The Balaban J connectivity index is 1.46. The number of nitrogens with one attached hydrogen (secondary N) is 3. The summed E-state index contributed by atoms with van der Waals surface area (Å²) >= 11 is 0. The molecule has 1 aliphatic rings. The molecule has 1 atom stereocenters. The van der Waals surface area contributed by atoms with Crippen molar-refractivity contribution in [2.24, 2.45) is 5.10 Å². The predicted octanol–water partition coefficient (Wildman–Crippen LogP) is 8.62. The van der Waals surface area contributed by atoms with Gasteiger partial charge in [0.25, 0.3) is 5.91 Å². The Hall–Kier alpha value is -5.64. The molecule has 0 saturated carbocycles. The molecule has 3 amide bonds. The van der Waals surface area contributed by atoms with Crippen LogP contribution >= 0.6 is 0 Å². The van der Waals surface area contributed by atoms with Gasteiger partial charge in [-0.3, -0.25) is 14.4 Å². The summed E-state index contributed by atoms with van der Waals surface area (Å²) < 4.78 is 6.20. The first-order chi connectivity index (χ1) is 26.2. The highest BCUT2D eigenvalue weighted by molar-refractivity contribution is 6.31. The Kier molecular flexibility index (Phi) is 12.4. The molecule has 4 aromatic carbocycles. The highest BCUT2D eigenvalue weighted by atomic mass is 16.5. The van der Waals surface area contributed by atoms with Crippen molar-refractivity contribution in [1.29, 1.82) is 0 Å². The van der Waals surface area contributed by atoms with Crippen LogP contribution < -0.4 is 30.6 Å². The zero-order valence-corrected chi connectivity index (χ0v) is 33.7. The Morgan fingerprint density at radius 3 is 2.09 bits per heavy atom. The minimum Gasteiger partial charge on any atom is -0.483 e. The molecular weight excluding hydrogens is 689 g/mol. The Morgan fingerprint density at radius 2 is 1.47 bits per heavy atom. The molecule has 0 aliphatic carbocycles. The lowest BCUT2D eigenvalue weighted by Crippen LogP contribution is -2.64. The van der Waals surface area contributed by atoms with Crippen molar-refractivity contribution in [1.82, 2.24) is 5.32 Å². The average Bonchev–Trinajstić information content (AvgIpc) is 3.45. The van der Waals surface area contributed by atoms with E-state index >= 15 is 0 Å². The number of hydrogen-bond donors (Lipinski definition) is 3. The first kappa shape index (κ1) is 40.5. The highest BCUT2D eigenvalue weighted by Crippen LogP contribution is 2.39. The van der Waals surface area contributed by atoms with E-state index in [1.807, 2.05) is 48.5 Å². The number of ether oxygens (including phenoxy) is 1. The number of benzene rings is 4. The van der Waals surface area contributed by atoms with E-state index in [0.29, 0.717) is 28.4 Å². The summed E-state index contributed by atoms with van der Waals surface area (Å²) in [5, 5.41) is 15.3. The molecule has 1 aliphatic heterocycles. The van der Waals surface area contributed by atoms with Crippen LogP contribution in [0.1, 0.15) is 91.8 Å². The number of para-hydroxylation sites is 1. The summed E-state index contributed by atoms with van der Waals surface area (Å²) in [5.74, 6) is -0.576. The zero-order valence-electron chi connectivity index (χ0n) is 33.7. The molecule has 10 heteroatoms. The summed E-state index contributed by atoms with van der Waals surface area (Å²) in [4.78, 5) is 43.1. The van der Waals surface area contributed by atoms with E-state index < -0.39 is 17.5 Å². The van der Waals surface area contributed by atoms with Crippen LogP contribution in [0.4, 0.5) is 22.7 Å². The molecule has 0 bridgehead atoms. The molecule has 0 radical (unpaired) electrons. The average molecular weight is 745 g/mol. The van der Waals surface area contributed by atoms with Crippen LogP contribution in [-0.2, 0) is 25.2 Å². The lowest BCUT2D eigenvalue weighted by Gasteiger charge is -2.32. The maximum absolute atomic E-state index is 14.6. The molecule has 55 heavy (non-hydrogen) atoms. The second-order valence-corrected chi connectivity index (χ2v) is 15.3. The number of amides is 3. The van der Waals surface area contributed by atoms with E-state index in [1.54, 1.807) is 36.4 Å². The minimum absolute atomic E-state index is 0.00869. The van der Waals surface area contributed by atoms with Crippen LogP contribution in [-0.4, -0.2) is 48.8 Å². The van der Waals surface area contributed by atoms with Gasteiger partial charge < -0.3 is 25.6 Å². The molecule has 0 fully saturated rings. The van der Waals surface area contributed by atoms with Crippen LogP contribution in [0.3, 0.4) is 0 Å². The fourth-order valence-corrected chi connectivity index (χ4v) is 6.67. The first-order valence-electron chi connectivity index (χ1n) is 19.3. The second kappa shape index (κ2) is 16.8. The van der Waals surface area contributed by atoms with Crippen molar-refractivity contribution in [3.05, 3.63) is 114 Å². The molecule has 290 valence electrons. The molecule has 4 aromatic rings. The molecule has 1 unspecified atom stereocenters. The third kappa shape index (κ3) is 8.85. The summed E-state index contributed by atoms with van der Waals surface area (Å²) in [7, 11) is 0. The smallest absolute Gasteiger partial charge is 0.300 e. The van der Waals surface area contributed by atoms with E-state index in [9.17, 15) is 14.4 Å². The van der Waals surface area contributed by atoms with Gasteiger partial charge in [0.15, 0.2) is 6.61 Å². The number of carbonyl (C=O) groups excluding carboxylic acids is 3. The van der Waals surface area contributed by atoms with Gasteiger partial charge in [-0.15, -0.1) is 0 Å². The molecule has 0 aromatic heterocycles. The number of hydrogen-bond acceptors (Lipinski definition) is 7. The van der Waals surface area contributed by atoms with E-state index in [-0.39, 0.29) is 29.1 Å². The Bertz CT molecular complexity index is 2020. The van der Waals surface area contributed by atoms with Crippen molar-refractivity contribution in [2.45, 2.75) is 91.6 Å². The monoisotopic (exact) mass is 744 g/mol.